The summed E-state index contributed by atoms with van der Waals surface area (Å²) in [5.74, 6) is 0. The van der Waals surface area contributed by atoms with E-state index in [4.69, 9.17) is 0 Å². The van der Waals surface area contributed by atoms with Crippen LogP contribution in [0.1, 0.15) is 26.2 Å². The molecule has 0 aromatic heterocycles. The van der Waals surface area contributed by atoms with E-state index in [-0.39, 0.29) is 6.10 Å². The van der Waals surface area contributed by atoms with Crippen LogP contribution in [-0.2, 0) is 0 Å². The predicted octanol–water partition coefficient (Wildman–Crippen LogP) is 2.47. The smallest absolute Gasteiger partial charge is 0.0684 e. The summed E-state index contributed by atoms with van der Waals surface area (Å²) in [5.41, 5.74) is 2.39. The van der Waals surface area contributed by atoms with Gasteiger partial charge in [-0.1, -0.05) is 0 Å². The van der Waals surface area contributed by atoms with Crippen molar-refractivity contribution in [3.8, 4) is 0 Å². The van der Waals surface area contributed by atoms with Gasteiger partial charge < -0.3 is 15.3 Å². The largest absolute Gasteiger partial charge is 0.392 e. The molecule has 1 unspecified atom stereocenters. The summed E-state index contributed by atoms with van der Waals surface area (Å²) in [6.07, 6.45) is 3.67. The van der Waals surface area contributed by atoms with E-state index in [1.165, 1.54) is 38.0 Å². The van der Waals surface area contributed by atoms with Crippen molar-refractivity contribution in [3.63, 3.8) is 0 Å². The summed E-state index contributed by atoms with van der Waals surface area (Å²) >= 11 is 0. The first-order valence-corrected chi connectivity index (χ1v) is 6.52. The molecule has 1 fully saturated rings. The molecular formula is C14H22N2O. The number of hydrogen-bond donors (Lipinski definition) is 2. The van der Waals surface area contributed by atoms with Crippen molar-refractivity contribution in [1.82, 2.24) is 0 Å². The summed E-state index contributed by atoms with van der Waals surface area (Å²) < 4.78 is 0. The molecular weight excluding hydrogens is 212 g/mol. The number of aliphatic hydroxyl groups is 1. The van der Waals surface area contributed by atoms with Gasteiger partial charge in [0, 0.05) is 31.0 Å². The van der Waals surface area contributed by atoms with E-state index in [0.29, 0.717) is 6.54 Å². The lowest BCUT2D eigenvalue weighted by molar-refractivity contribution is 0.208. The number of benzene rings is 1. The van der Waals surface area contributed by atoms with E-state index in [0.717, 1.165) is 5.69 Å². The van der Waals surface area contributed by atoms with Gasteiger partial charge in [0.1, 0.15) is 0 Å². The molecule has 17 heavy (non-hydrogen) atoms. The van der Waals surface area contributed by atoms with Gasteiger partial charge in [-0.15, -0.1) is 0 Å². The first kappa shape index (κ1) is 12.2. The molecule has 0 radical (unpaired) electrons. The van der Waals surface area contributed by atoms with Gasteiger partial charge in [-0.2, -0.15) is 0 Å². The van der Waals surface area contributed by atoms with Gasteiger partial charge in [0.25, 0.3) is 0 Å². The molecule has 3 heteroatoms. The van der Waals surface area contributed by atoms with E-state index in [1.807, 2.05) is 0 Å². The van der Waals surface area contributed by atoms with Crippen LogP contribution in [0.3, 0.4) is 0 Å². The highest BCUT2D eigenvalue weighted by molar-refractivity contribution is 5.55. The monoisotopic (exact) mass is 234 g/mol. The fourth-order valence-electron chi connectivity index (χ4n) is 2.21. The number of piperidine rings is 1. The normalized spacial score (nSPS) is 17.9. The molecule has 0 bridgehead atoms. The van der Waals surface area contributed by atoms with E-state index in [1.54, 1.807) is 6.92 Å². The van der Waals surface area contributed by atoms with Crippen LogP contribution in [0.15, 0.2) is 24.3 Å². The molecule has 94 valence electrons. The second-order valence-corrected chi connectivity index (χ2v) is 4.82. The molecule has 0 spiro atoms. The van der Waals surface area contributed by atoms with E-state index >= 15 is 0 Å². The third-order valence-corrected chi connectivity index (χ3v) is 3.19. The Morgan fingerprint density at radius 3 is 2.41 bits per heavy atom. The molecule has 2 rings (SSSR count). The summed E-state index contributed by atoms with van der Waals surface area (Å²) in [4.78, 5) is 2.45. The van der Waals surface area contributed by atoms with Crippen LogP contribution < -0.4 is 10.2 Å². The number of rotatable bonds is 4. The van der Waals surface area contributed by atoms with Crippen molar-refractivity contribution in [2.24, 2.45) is 0 Å². The number of hydrogen-bond acceptors (Lipinski definition) is 3. The average molecular weight is 234 g/mol. The van der Waals surface area contributed by atoms with E-state index in [2.05, 4.69) is 34.5 Å². The number of nitrogens with one attached hydrogen (secondary N) is 1. The lowest BCUT2D eigenvalue weighted by Crippen LogP contribution is -2.29. The molecule has 1 atom stereocenters. The van der Waals surface area contributed by atoms with Crippen molar-refractivity contribution in [3.05, 3.63) is 24.3 Å². The van der Waals surface area contributed by atoms with Gasteiger partial charge >= 0.3 is 0 Å². The van der Waals surface area contributed by atoms with Crippen molar-refractivity contribution in [1.29, 1.82) is 0 Å². The molecule has 1 heterocycles. The van der Waals surface area contributed by atoms with Gasteiger partial charge in [0.15, 0.2) is 0 Å². The summed E-state index contributed by atoms with van der Waals surface area (Å²) in [6, 6.07) is 8.50. The zero-order valence-corrected chi connectivity index (χ0v) is 10.5. The Balaban J connectivity index is 1.92. The quantitative estimate of drug-likeness (QED) is 0.840. The maximum Gasteiger partial charge on any atom is 0.0684 e. The van der Waals surface area contributed by atoms with Gasteiger partial charge in [-0.05, 0) is 50.5 Å². The summed E-state index contributed by atoms with van der Waals surface area (Å²) in [5, 5.41) is 12.4. The third-order valence-electron chi connectivity index (χ3n) is 3.19. The Morgan fingerprint density at radius 2 is 1.82 bits per heavy atom. The fourth-order valence-corrected chi connectivity index (χ4v) is 2.21. The highest BCUT2D eigenvalue weighted by atomic mass is 16.3. The van der Waals surface area contributed by atoms with Crippen LogP contribution in [0.5, 0.6) is 0 Å². The Morgan fingerprint density at radius 1 is 1.18 bits per heavy atom. The Hall–Kier alpha value is -1.22. The van der Waals surface area contributed by atoms with Crippen molar-refractivity contribution in [2.75, 3.05) is 29.9 Å². The molecule has 1 aromatic carbocycles. The second kappa shape index (κ2) is 5.92. The Bertz CT molecular complexity index is 329. The van der Waals surface area contributed by atoms with Gasteiger partial charge in [-0.3, -0.25) is 0 Å². The molecule has 1 saturated heterocycles. The topological polar surface area (TPSA) is 35.5 Å². The molecule has 0 amide bonds. The zero-order valence-electron chi connectivity index (χ0n) is 10.5. The minimum absolute atomic E-state index is 0.309. The average Bonchev–Trinajstić information content (AvgIpc) is 2.38. The van der Waals surface area contributed by atoms with E-state index in [9.17, 15) is 5.11 Å². The molecule has 1 aliphatic rings. The third kappa shape index (κ3) is 3.63. The number of nitrogens with zero attached hydrogens (tertiary/aromatic N) is 1. The maximum atomic E-state index is 9.20. The highest BCUT2D eigenvalue weighted by Gasteiger charge is 2.10. The first-order valence-electron chi connectivity index (χ1n) is 6.52. The summed E-state index contributed by atoms with van der Waals surface area (Å²) in [7, 11) is 0. The molecule has 3 nitrogen and oxygen atoms in total. The van der Waals surface area contributed by atoms with Crippen LogP contribution in [0.2, 0.25) is 0 Å². The Labute approximate surface area is 103 Å². The number of aliphatic hydroxyl groups excluding tert-OH is 1. The van der Waals surface area contributed by atoms with Gasteiger partial charge in [0.2, 0.25) is 0 Å². The predicted molar refractivity (Wildman–Crippen MR) is 72.7 cm³/mol. The Kier molecular flexibility index (Phi) is 4.26. The first-order chi connectivity index (χ1) is 8.25. The van der Waals surface area contributed by atoms with Crippen LogP contribution in [0.4, 0.5) is 11.4 Å². The molecule has 0 aliphatic carbocycles. The highest BCUT2D eigenvalue weighted by Crippen LogP contribution is 2.21. The minimum Gasteiger partial charge on any atom is -0.392 e. The van der Waals surface area contributed by atoms with Crippen molar-refractivity contribution >= 4 is 11.4 Å². The molecule has 2 N–H and O–H groups in total. The fraction of sp³-hybridized carbons (Fsp3) is 0.571. The summed E-state index contributed by atoms with van der Waals surface area (Å²) in [6.45, 7) is 4.75. The SMILES string of the molecule is CC(O)CNc1ccc(N2CCCCC2)cc1. The van der Waals surface area contributed by atoms with Crippen LogP contribution in [0.25, 0.3) is 0 Å². The lowest BCUT2D eigenvalue weighted by atomic mass is 10.1. The van der Waals surface area contributed by atoms with Crippen molar-refractivity contribution < 1.29 is 5.11 Å². The van der Waals surface area contributed by atoms with Crippen molar-refractivity contribution in [2.45, 2.75) is 32.3 Å². The maximum absolute atomic E-state index is 9.20. The minimum atomic E-state index is -0.309. The molecule has 0 saturated carbocycles. The van der Waals surface area contributed by atoms with Crippen LogP contribution >= 0.6 is 0 Å². The number of anilines is 2. The van der Waals surface area contributed by atoms with Gasteiger partial charge in [-0.25, -0.2) is 0 Å². The lowest BCUT2D eigenvalue weighted by Gasteiger charge is -2.28. The molecule has 1 aromatic rings. The van der Waals surface area contributed by atoms with Gasteiger partial charge in [0.05, 0.1) is 6.10 Å². The standard InChI is InChI=1S/C14H22N2O/c1-12(17)11-15-13-5-7-14(8-6-13)16-9-3-2-4-10-16/h5-8,12,15,17H,2-4,9-11H2,1H3. The molecule has 1 aliphatic heterocycles. The van der Waals surface area contributed by atoms with E-state index < -0.39 is 0 Å². The zero-order chi connectivity index (χ0) is 12.1. The van der Waals surface area contributed by atoms with Crippen LogP contribution in [-0.4, -0.2) is 30.8 Å². The second-order valence-electron chi connectivity index (χ2n) is 4.82. The van der Waals surface area contributed by atoms with Crippen LogP contribution in [0, 0.1) is 0 Å².